The smallest absolute Gasteiger partial charge is 0.269 e. The van der Waals surface area contributed by atoms with Crippen LogP contribution < -0.4 is 0 Å². The highest BCUT2D eigenvalue weighted by Crippen LogP contribution is 2.21. The minimum atomic E-state index is -0.455. The molecule has 0 bridgehead atoms. The van der Waals surface area contributed by atoms with E-state index in [1.54, 1.807) is 24.0 Å². The van der Waals surface area contributed by atoms with E-state index in [9.17, 15) is 20.0 Å². The second-order valence-electron chi connectivity index (χ2n) is 5.58. The number of carbonyl (C=O) groups is 1. The van der Waals surface area contributed by atoms with Crippen LogP contribution in [0, 0.1) is 16.0 Å². The van der Waals surface area contributed by atoms with Crippen LogP contribution in [0.2, 0.25) is 0 Å². The normalized spacial score (nSPS) is 20.1. The van der Waals surface area contributed by atoms with E-state index in [2.05, 4.69) is 0 Å². The van der Waals surface area contributed by atoms with Crippen LogP contribution in [0.4, 0.5) is 5.69 Å². The zero-order chi connectivity index (χ0) is 15.4. The number of carbonyl (C=O) groups excluding carboxylic acids is 1. The summed E-state index contributed by atoms with van der Waals surface area (Å²) in [6.07, 6.45) is 1.69. The molecule has 1 aliphatic rings. The molecule has 21 heavy (non-hydrogen) atoms. The predicted molar refractivity (Wildman–Crippen MR) is 77.8 cm³/mol. The van der Waals surface area contributed by atoms with Crippen LogP contribution in [0.5, 0.6) is 0 Å². The minimum absolute atomic E-state index is 0.00852. The zero-order valence-electron chi connectivity index (χ0n) is 12.1. The number of rotatable bonds is 4. The summed E-state index contributed by atoms with van der Waals surface area (Å²) in [6.45, 7) is 3.06. The number of hydrogen-bond donors (Lipinski definition) is 1. The molecule has 1 amide bonds. The molecule has 0 saturated carbocycles. The number of non-ortho nitro benzene ring substituents is 1. The van der Waals surface area contributed by atoms with Crippen molar-refractivity contribution in [1.29, 1.82) is 0 Å². The van der Waals surface area contributed by atoms with Gasteiger partial charge in [0, 0.05) is 31.1 Å². The summed E-state index contributed by atoms with van der Waals surface area (Å²) in [7, 11) is 0. The molecule has 114 valence electrons. The number of nitro groups is 1. The standard InChI is InChI=1S/C15H20N2O4/c1-11(18)13-3-2-8-16(10-13)15(19)9-12-4-6-14(7-5-12)17(20)21/h4-7,11,13,18H,2-3,8-10H2,1H3. The van der Waals surface area contributed by atoms with Crippen LogP contribution in [0.3, 0.4) is 0 Å². The van der Waals surface area contributed by atoms with Crippen molar-refractivity contribution in [2.24, 2.45) is 5.92 Å². The minimum Gasteiger partial charge on any atom is -0.393 e. The Hall–Kier alpha value is -1.95. The van der Waals surface area contributed by atoms with Crippen molar-refractivity contribution in [3.05, 3.63) is 39.9 Å². The molecule has 0 aromatic heterocycles. The molecule has 1 fully saturated rings. The Kier molecular flexibility index (Phi) is 4.90. The number of aliphatic hydroxyl groups is 1. The van der Waals surface area contributed by atoms with Crippen molar-refractivity contribution in [3.63, 3.8) is 0 Å². The first kappa shape index (κ1) is 15.4. The van der Waals surface area contributed by atoms with Gasteiger partial charge in [0.2, 0.25) is 5.91 Å². The first-order valence-electron chi connectivity index (χ1n) is 7.16. The van der Waals surface area contributed by atoms with E-state index in [-0.39, 0.29) is 23.9 Å². The quantitative estimate of drug-likeness (QED) is 0.677. The molecule has 1 aromatic carbocycles. The van der Waals surface area contributed by atoms with Gasteiger partial charge < -0.3 is 10.0 Å². The molecule has 1 aliphatic heterocycles. The van der Waals surface area contributed by atoms with Gasteiger partial charge in [-0.1, -0.05) is 12.1 Å². The van der Waals surface area contributed by atoms with Crippen LogP contribution in [-0.2, 0) is 11.2 Å². The largest absolute Gasteiger partial charge is 0.393 e. The van der Waals surface area contributed by atoms with Gasteiger partial charge in [0.15, 0.2) is 0 Å². The maximum Gasteiger partial charge on any atom is 0.269 e. The lowest BCUT2D eigenvalue weighted by Gasteiger charge is -2.34. The lowest BCUT2D eigenvalue weighted by atomic mass is 9.93. The van der Waals surface area contributed by atoms with Crippen molar-refractivity contribution in [1.82, 2.24) is 4.90 Å². The molecule has 0 aliphatic carbocycles. The van der Waals surface area contributed by atoms with Gasteiger partial charge in [-0.15, -0.1) is 0 Å². The van der Waals surface area contributed by atoms with E-state index < -0.39 is 11.0 Å². The molecule has 1 aromatic rings. The molecule has 1 N–H and O–H groups in total. The van der Waals surface area contributed by atoms with Gasteiger partial charge >= 0.3 is 0 Å². The lowest BCUT2D eigenvalue weighted by Crippen LogP contribution is -2.43. The molecule has 0 radical (unpaired) electrons. The summed E-state index contributed by atoms with van der Waals surface area (Å²) in [5.74, 6) is 0.147. The second kappa shape index (κ2) is 6.67. The molecule has 2 atom stereocenters. The Morgan fingerprint density at radius 3 is 2.71 bits per heavy atom. The predicted octanol–water partition coefficient (Wildman–Crippen LogP) is 1.76. The summed E-state index contributed by atoms with van der Waals surface area (Å²) >= 11 is 0. The topological polar surface area (TPSA) is 83.7 Å². The van der Waals surface area contributed by atoms with Gasteiger partial charge in [0.25, 0.3) is 5.69 Å². The highest BCUT2D eigenvalue weighted by atomic mass is 16.6. The maximum absolute atomic E-state index is 12.3. The van der Waals surface area contributed by atoms with Crippen molar-refractivity contribution in [2.45, 2.75) is 32.3 Å². The number of amides is 1. The number of nitro benzene ring substituents is 1. The number of nitrogens with zero attached hydrogens (tertiary/aromatic N) is 2. The molecular formula is C15H20N2O4. The maximum atomic E-state index is 12.3. The van der Waals surface area contributed by atoms with Gasteiger partial charge in [-0.3, -0.25) is 14.9 Å². The third kappa shape index (κ3) is 4.01. The van der Waals surface area contributed by atoms with E-state index in [0.29, 0.717) is 6.54 Å². The van der Waals surface area contributed by atoms with Crippen molar-refractivity contribution < 1.29 is 14.8 Å². The van der Waals surface area contributed by atoms with E-state index in [1.807, 2.05) is 0 Å². The average Bonchev–Trinajstić information content (AvgIpc) is 2.48. The van der Waals surface area contributed by atoms with E-state index >= 15 is 0 Å². The number of hydrogen-bond acceptors (Lipinski definition) is 4. The van der Waals surface area contributed by atoms with Gasteiger partial charge in [0.1, 0.15) is 0 Å². The number of benzene rings is 1. The number of aliphatic hydroxyl groups excluding tert-OH is 1. The first-order valence-corrected chi connectivity index (χ1v) is 7.16. The number of likely N-dealkylation sites (tertiary alicyclic amines) is 1. The van der Waals surface area contributed by atoms with E-state index in [4.69, 9.17) is 0 Å². The number of piperidine rings is 1. The van der Waals surface area contributed by atoms with Gasteiger partial charge in [0.05, 0.1) is 17.4 Å². The lowest BCUT2D eigenvalue weighted by molar-refractivity contribution is -0.384. The zero-order valence-corrected chi connectivity index (χ0v) is 12.1. The van der Waals surface area contributed by atoms with Gasteiger partial charge in [-0.05, 0) is 25.3 Å². The molecule has 0 spiro atoms. The fourth-order valence-corrected chi connectivity index (χ4v) is 2.65. The highest BCUT2D eigenvalue weighted by molar-refractivity contribution is 5.79. The SMILES string of the molecule is CC(O)C1CCCN(C(=O)Cc2ccc([N+](=O)[O-])cc2)C1. The summed E-state index contributed by atoms with van der Waals surface area (Å²) in [5.41, 5.74) is 0.795. The van der Waals surface area contributed by atoms with Crippen LogP contribution in [0.15, 0.2) is 24.3 Å². The summed E-state index contributed by atoms with van der Waals surface area (Å²) in [5, 5.41) is 20.2. The van der Waals surface area contributed by atoms with Crippen LogP contribution in [0.25, 0.3) is 0 Å². The molecule has 2 rings (SSSR count). The first-order chi connectivity index (χ1) is 9.97. The van der Waals surface area contributed by atoms with Crippen LogP contribution in [-0.4, -0.2) is 40.0 Å². The Morgan fingerprint density at radius 1 is 1.48 bits per heavy atom. The van der Waals surface area contributed by atoms with Crippen molar-refractivity contribution >= 4 is 11.6 Å². The summed E-state index contributed by atoms with van der Waals surface area (Å²) in [4.78, 5) is 24.2. The molecular weight excluding hydrogens is 272 g/mol. The monoisotopic (exact) mass is 292 g/mol. The summed E-state index contributed by atoms with van der Waals surface area (Å²) < 4.78 is 0. The van der Waals surface area contributed by atoms with Crippen molar-refractivity contribution in [2.75, 3.05) is 13.1 Å². The van der Waals surface area contributed by atoms with E-state index in [0.717, 1.165) is 24.9 Å². The Balaban J connectivity index is 1.96. The third-order valence-corrected chi connectivity index (χ3v) is 4.00. The van der Waals surface area contributed by atoms with Crippen LogP contribution >= 0.6 is 0 Å². The third-order valence-electron chi connectivity index (χ3n) is 4.00. The fourth-order valence-electron chi connectivity index (χ4n) is 2.65. The summed E-state index contributed by atoms with van der Waals surface area (Å²) in [6, 6.07) is 6.06. The van der Waals surface area contributed by atoms with Gasteiger partial charge in [-0.25, -0.2) is 0 Å². The molecule has 6 heteroatoms. The van der Waals surface area contributed by atoms with Crippen molar-refractivity contribution in [3.8, 4) is 0 Å². The fraction of sp³-hybridized carbons (Fsp3) is 0.533. The Bertz CT molecular complexity index is 513. The molecule has 2 unspecified atom stereocenters. The Labute approximate surface area is 123 Å². The molecule has 6 nitrogen and oxygen atoms in total. The Morgan fingerprint density at radius 2 is 2.14 bits per heavy atom. The average molecular weight is 292 g/mol. The van der Waals surface area contributed by atoms with Gasteiger partial charge in [-0.2, -0.15) is 0 Å². The molecule has 1 heterocycles. The molecule has 1 saturated heterocycles. The highest BCUT2D eigenvalue weighted by Gasteiger charge is 2.26. The van der Waals surface area contributed by atoms with Crippen LogP contribution in [0.1, 0.15) is 25.3 Å². The van der Waals surface area contributed by atoms with E-state index in [1.165, 1.54) is 12.1 Å². The second-order valence-corrected chi connectivity index (χ2v) is 5.58.